The van der Waals surface area contributed by atoms with Gasteiger partial charge in [-0.3, -0.25) is 16.3 Å². The monoisotopic (exact) mass is 275 g/mol. The van der Waals surface area contributed by atoms with Gasteiger partial charge in [0.1, 0.15) is 0 Å². The third-order valence-corrected chi connectivity index (χ3v) is 3.71. The number of hydrogen-bond acceptors (Lipinski definition) is 3. The predicted molar refractivity (Wildman–Crippen MR) is 78.9 cm³/mol. The summed E-state index contributed by atoms with van der Waals surface area (Å²) < 4.78 is 0. The quantitative estimate of drug-likeness (QED) is 0.666. The van der Waals surface area contributed by atoms with Crippen molar-refractivity contribution >= 4 is 11.6 Å². The van der Waals surface area contributed by atoms with E-state index in [2.05, 4.69) is 42.5 Å². The van der Waals surface area contributed by atoms with Crippen molar-refractivity contribution in [3.63, 3.8) is 0 Å². The molecule has 0 fully saturated rings. The second-order valence-electron chi connectivity index (χ2n) is 4.74. The van der Waals surface area contributed by atoms with Crippen LogP contribution in [0.1, 0.15) is 28.3 Å². The lowest BCUT2D eigenvalue weighted by Crippen LogP contribution is -2.29. The maximum atomic E-state index is 6.16. The predicted octanol–water partition coefficient (Wildman–Crippen LogP) is 3.10. The number of hydrazine groups is 1. The van der Waals surface area contributed by atoms with Crippen molar-refractivity contribution < 1.29 is 0 Å². The van der Waals surface area contributed by atoms with Gasteiger partial charge in [0.15, 0.2) is 0 Å². The molecule has 0 radical (unpaired) electrons. The molecule has 2 rings (SSSR count). The van der Waals surface area contributed by atoms with Crippen LogP contribution < -0.4 is 11.3 Å². The molecule has 4 heteroatoms. The van der Waals surface area contributed by atoms with Crippen LogP contribution >= 0.6 is 11.6 Å². The molecule has 0 bridgehead atoms. The van der Waals surface area contributed by atoms with E-state index in [4.69, 9.17) is 17.4 Å². The smallest absolute Gasteiger partial charge is 0.0637 e. The molecule has 1 unspecified atom stereocenters. The number of aryl methyl sites for hydroxylation is 2. The first-order valence-electron chi connectivity index (χ1n) is 6.23. The lowest BCUT2D eigenvalue weighted by atomic mass is 9.97. The molecule has 0 aliphatic heterocycles. The van der Waals surface area contributed by atoms with E-state index in [-0.39, 0.29) is 6.04 Å². The van der Waals surface area contributed by atoms with Crippen LogP contribution in [0.3, 0.4) is 0 Å². The Morgan fingerprint density at radius 2 is 2.05 bits per heavy atom. The minimum absolute atomic E-state index is 0.0161. The standard InChI is InChI=1S/C15H18ClN3/c1-10-3-4-12(7-11(10)2)8-15(19-17)13-5-6-18-9-14(13)16/h3-7,9,15,19H,8,17H2,1-2H3. The van der Waals surface area contributed by atoms with Gasteiger partial charge in [0, 0.05) is 12.4 Å². The molecule has 1 atom stereocenters. The summed E-state index contributed by atoms with van der Waals surface area (Å²) in [7, 11) is 0. The largest absolute Gasteiger partial charge is 0.271 e. The summed E-state index contributed by atoms with van der Waals surface area (Å²) >= 11 is 6.16. The van der Waals surface area contributed by atoms with Gasteiger partial charge >= 0.3 is 0 Å². The molecule has 2 aromatic rings. The fourth-order valence-electron chi connectivity index (χ4n) is 2.09. The normalized spacial score (nSPS) is 12.4. The number of nitrogens with two attached hydrogens (primary N) is 1. The average molecular weight is 276 g/mol. The summed E-state index contributed by atoms with van der Waals surface area (Å²) in [6.45, 7) is 4.22. The van der Waals surface area contributed by atoms with E-state index in [0.717, 1.165) is 12.0 Å². The average Bonchev–Trinajstić information content (AvgIpc) is 2.41. The molecule has 0 saturated heterocycles. The van der Waals surface area contributed by atoms with Gasteiger partial charge in [0.05, 0.1) is 11.1 Å². The van der Waals surface area contributed by atoms with Crippen LogP contribution in [0, 0.1) is 13.8 Å². The number of benzene rings is 1. The fourth-order valence-corrected chi connectivity index (χ4v) is 2.34. The Hall–Kier alpha value is -1.42. The van der Waals surface area contributed by atoms with Crippen LogP contribution in [0.25, 0.3) is 0 Å². The van der Waals surface area contributed by atoms with Gasteiger partial charge in [-0.05, 0) is 48.6 Å². The van der Waals surface area contributed by atoms with Crippen molar-refractivity contribution in [1.82, 2.24) is 10.4 Å². The van der Waals surface area contributed by atoms with E-state index in [1.54, 1.807) is 12.4 Å². The van der Waals surface area contributed by atoms with Gasteiger partial charge in [0.25, 0.3) is 0 Å². The van der Waals surface area contributed by atoms with E-state index in [1.165, 1.54) is 16.7 Å². The zero-order chi connectivity index (χ0) is 13.8. The summed E-state index contributed by atoms with van der Waals surface area (Å²) in [4.78, 5) is 3.99. The van der Waals surface area contributed by atoms with Gasteiger partial charge in [-0.2, -0.15) is 0 Å². The highest BCUT2D eigenvalue weighted by Crippen LogP contribution is 2.24. The summed E-state index contributed by atoms with van der Waals surface area (Å²) in [5.41, 5.74) is 7.62. The van der Waals surface area contributed by atoms with Gasteiger partial charge in [-0.15, -0.1) is 0 Å². The maximum Gasteiger partial charge on any atom is 0.0637 e. The fraction of sp³-hybridized carbons (Fsp3) is 0.267. The molecule has 0 spiro atoms. The highest BCUT2D eigenvalue weighted by Gasteiger charge is 2.14. The highest BCUT2D eigenvalue weighted by molar-refractivity contribution is 6.31. The molecule has 0 aliphatic rings. The number of halogens is 1. The zero-order valence-electron chi connectivity index (χ0n) is 11.2. The number of aromatic nitrogens is 1. The summed E-state index contributed by atoms with van der Waals surface area (Å²) in [5.74, 6) is 5.66. The first-order chi connectivity index (χ1) is 9.11. The number of pyridine rings is 1. The van der Waals surface area contributed by atoms with Crippen molar-refractivity contribution in [2.24, 2.45) is 5.84 Å². The molecule has 3 N–H and O–H groups in total. The lowest BCUT2D eigenvalue weighted by Gasteiger charge is -2.18. The van der Waals surface area contributed by atoms with Crippen molar-refractivity contribution in [3.05, 3.63) is 63.9 Å². The number of nitrogens with one attached hydrogen (secondary N) is 1. The van der Waals surface area contributed by atoms with Gasteiger partial charge in [-0.1, -0.05) is 29.8 Å². The molecule has 1 aromatic heterocycles. The molecule has 0 aliphatic carbocycles. The lowest BCUT2D eigenvalue weighted by molar-refractivity contribution is 0.551. The van der Waals surface area contributed by atoms with E-state index in [9.17, 15) is 0 Å². The third-order valence-electron chi connectivity index (χ3n) is 3.39. The van der Waals surface area contributed by atoms with Crippen molar-refractivity contribution in [3.8, 4) is 0 Å². The topological polar surface area (TPSA) is 50.9 Å². The van der Waals surface area contributed by atoms with Crippen LogP contribution in [0.15, 0.2) is 36.7 Å². The highest BCUT2D eigenvalue weighted by atomic mass is 35.5. The van der Waals surface area contributed by atoms with Crippen molar-refractivity contribution in [2.75, 3.05) is 0 Å². The minimum Gasteiger partial charge on any atom is -0.271 e. The molecule has 1 aromatic carbocycles. The number of hydrogen-bond donors (Lipinski definition) is 2. The summed E-state index contributed by atoms with van der Waals surface area (Å²) in [6.07, 6.45) is 4.16. The van der Waals surface area contributed by atoms with Crippen molar-refractivity contribution in [2.45, 2.75) is 26.3 Å². The van der Waals surface area contributed by atoms with Crippen LogP contribution in [0.5, 0.6) is 0 Å². The summed E-state index contributed by atoms with van der Waals surface area (Å²) in [6, 6.07) is 8.33. The Bertz CT molecular complexity index is 569. The van der Waals surface area contributed by atoms with Crippen LogP contribution in [0.4, 0.5) is 0 Å². The molecule has 19 heavy (non-hydrogen) atoms. The SMILES string of the molecule is Cc1ccc(CC(NN)c2ccncc2Cl)cc1C. The second-order valence-corrected chi connectivity index (χ2v) is 5.15. The first-order valence-corrected chi connectivity index (χ1v) is 6.61. The Labute approximate surface area is 118 Å². The molecular formula is C15H18ClN3. The van der Waals surface area contributed by atoms with Gasteiger partial charge < -0.3 is 0 Å². The molecule has 3 nitrogen and oxygen atoms in total. The van der Waals surface area contributed by atoms with Gasteiger partial charge in [-0.25, -0.2) is 0 Å². The van der Waals surface area contributed by atoms with Crippen LogP contribution in [-0.2, 0) is 6.42 Å². The molecular weight excluding hydrogens is 258 g/mol. The summed E-state index contributed by atoms with van der Waals surface area (Å²) in [5, 5.41) is 0.634. The maximum absolute atomic E-state index is 6.16. The number of rotatable bonds is 4. The molecule has 1 heterocycles. The van der Waals surface area contributed by atoms with Crippen LogP contribution in [-0.4, -0.2) is 4.98 Å². The first kappa shape index (κ1) is 14.0. The minimum atomic E-state index is -0.0161. The van der Waals surface area contributed by atoms with Gasteiger partial charge in [0.2, 0.25) is 0 Å². The van der Waals surface area contributed by atoms with Crippen LogP contribution in [0.2, 0.25) is 5.02 Å². The van der Waals surface area contributed by atoms with E-state index < -0.39 is 0 Å². The van der Waals surface area contributed by atoms with E-state index in [0.29, 0.717) is 5.02 Å². The van der Waals surface area contributed by atoms with E-state index >= 15 is 0 Å². The Morgan fingerprint density at radius 1 is 1.26 bits per heavy atom. The molecule has 100 valence electrons. The Morgan fingerprint density at radius 3 is 2.68 bits per heavy atom. The molecule has 0 saturated carbocycles. The molecule has 0 amide bonds. The Balaban J connectivity index is 2.24. The zero-order valence-corrected chi connectivity index (χ0v) is 11.9. The Kier molecular flexibility index (Phi) is 4.53. The van der Waals surface area contributed by atoms with Crippen molar-refractivity contribution in [1.29, 1.82) is 0 Å². The second kappa shape index (κ2) is 6.15. The third kappa shape index (κ3) is 3.32. The number of nitrogens with zero attached hydrogens (tertiary/aromatic N) is 1. The van der Waals surface area contributed by atoms with E-state index in [1.807, 2.05) is 6.07 Å².